The quantitative estimate of drug-likeness (QED) is 0.690. The molecule has 5 heteroatoms. The molecule has 72 valence electrons. The zero-order chi connectivity index (χ0) is 8.27. The van der Waals surface area contributed by atoms with Gasteiger partial charge in [0.2, 0.25) is 5.12 Å². The fraction of sp³-hybridized carbons (Fsp3) is 0.857. The second-order valence-corrected chi connectivity index (χ2v) is 4.87. The monoisotopic (exact) mass is 227 g/mol. The fourth-order valence-corrected chi connectivity index (χ4v) is 3.76. The first-order chi connectivity index (χ1) is 5.27. The van der Waals surface area contributed by atoms with Crippen LogP contribution in [0.3, 0.4) is 0 Å². The minimum Gasteiger partial charge on any atom is -0.291 e. The summed E-state index contributed by atoms with van der Waals surface area (Å²) in [5.41, 5.74) is 0. The lowest BCUT2D eigenvalue weighted by Gasteiger charge is -2.23. The van der Waals surface area contributed by atoms with E-state index in [9.17, 15) is 4.79 Å². The standard InChI is InChI=1S/C7H13NOS2.ClH/c1-3-8(4-2)6-5-7(9)11-10-6;/h6H,3-5H2,1-2H3;1H. The van der Waals surface area contributed by atoms with E-state index in [2.05, 4.69) is 18.7 Å². The molecule has 0 radical (unpaired) electrons. The van der Waals surface area contributed by atoms with E-state index in [1.165, 1.54) is 10.8 Å². The van der Waals surface area contributed by atoms with E-state index in [0.717, 1.165) is 19.5 Å². The van der Waals surface area contributed by atoms with Crippen molar-refractivity contribution < 1.29 is 4.79 Å². The van der Waals surface area contributed by atoms with Crippen LogP contribution < -0.4 is 0 Å². The molecule has 0 aliphatic carbocycles. The van der Waals surface area contributed by atoms with Gasteiger partial charge in [0.15, 0.2) is 0 Å². The molecule has 1 unspecified atom stereocenters. The predicted molar refractivity (Wildman–Crippen MR) is 58.8 cm³/mol. The average molecular weight is 228 g/mol. The third kappa shape index (κ3) is 3.17. The van der Waals surface area contributed by atoms with Gasteiger partial charge >= 0.3 is 0 Å². The molecule has 12 heavy (non-hydrogen) atoms. The Morgan fingerprint density at radius 2 is 2.08 bits per heavy atom. The van der Waals surface area contributed by atoms with Crippen LogP contribution in [-0.2, 0) is 4.79 Å². The summed E-state index contributed by atoms with van der Waals surface area (Å²) in [6, 6.07) is 0. The highest BCUT2D eigenvalue weighted by atomic mass is 35.5. The third-order valence-electron chi connectivity index (χ3n) is 1.81. The second-order valence-electron chi connectivity index (χ2n) is 2.43. The molecule has 1 heterocycles. The van der Waals surface area contributed by atoms with Crippen molar-refractivity contribution in [3.05, 3.63) is 0 Å². The van der Waals surface area contributed by atoms with Crippen molar-refractivity contribution >= 4 is 39.1 Å². The normalized spacial score (nSPS) is 22.9. The molecule has 0 aromatic heterocycles. The van der Waals surface area contributed by atoms with Crippen molar-refractivity contribution in [3.8, 4) is 0 Å². The van der Waals surface area contributed by atoms with Gasteiger partial charge in [0.25, 0.3) is 0 Å². The van der Waals surface area contributed by atoms with E-state index in [1.54, 1.807) is 10.8 Å². The molecular formula is C7H14ClNOS2. The molecular weight excluding hydrogens is 214 g/mol. The smallest absolute Gasteiger partial charge is 0.201 e. The molecule has 1 fully saturated rings. The van der Waals surface area contributed by atoms with Gasteiger partial charge in [0.1, 0.15) is 0 Å². The van der Waals surface area contributed by atoms with Gasteiger partial charge in [-0.2, -0.15) is 0 Å². The van der Waals surface area contributed by atoms with Crippen LogP contribution in [0.4, 0.5) is 0 Å². The zero-order valence-corrected chi connectivity index (χ0v) is 9.73. The summed E-state index contributed by atoms with van der Waals surface area (Å²) in [7, 11) is 3.10. The molecule has 0 aromatic rings. The second kappa shape index (κ2) is 6.13. The number of halogens is 1. The molecule has 0 bridgehead atoms. The van der Waals surface area contributed by atoms with Gasteiger partial charge in [-0.15, -0.1) is 12.4 Å². The van der Waals surface area contributed by atoms with Crippen molar-refractivity contribution in [2.45, 2.75) is 25.6 Å². The maximum Gasteiger partial charge on any atom is 0.201 e. The highest BCUT2D eigenvalue weighted by Crippen LogP contribution is 2.40. The van der Waals surface area contributed by atoms with Crippen molar-refractivity contribution in [3.63, 3.8) is 0 Å². The van der Waals surface area contributed by atoms with Crippen LogP contribution in [0.5, 0.6) is 0 Å². The number of carbonyl (C=O) groups excluding carboxylic acids is 1. The predicted octanol–water partition coefficient (Wildman–Crippen LogP) is 2.39. The Morgan fingerprint density at radius 1 is 1.50 bits per heavy atom. The van der Waals surface area contributed by atoms with Crippen LogP contribution >= 0.6 is 34.0 Å². The maximum absolute atomic E-state index is 10.9. The fourth-order valence-electron chi connectivity index (χ4n) is 1.14. The van der Waals surface area contributed by atoms with Gasteiger partial charge in [-0.05, 0) is 23.9 Å². The van der Waals surface area contributed by atoms with Crippen LogP contribution in [0.25, 0.3) is 0 Å². The summed E-state index contributed by atoms with van der Waals surface area (Å²) in [4.78, 5) is 13.2. The van der Waals surface area contributed by atoms with Gasteiger partial charge in [-0.1, -0.05) is 24.6 Å². The first-order valence-corrected chi connectivity index (χ1v) is 6.09. The molecule has 0 spiro atoms. The SMILES string of the molecule is CCN(CC)C1CC(=O)SS1.Cl. The number of rotatable bonds is 3. The molecule has 1 rings (SSSR count). The molecule has 1 atom stereocenters. The Balaban J connectivity index is 0.00000121. The van der Waals surface area contributed by atoms with E-state index in [0.29, 0.717) is 10.5 Å². The molecule has 2 nitrogen and oxygen atoms in total. The molecule has 1 aliphatic rings. The van der Waals surface area contributed by atoms with Crippen LogP contribution in [0, 0.1) is 0 Å². The lowest BCUT2D eigenvalue weighted by atomic mass is 10.4. The molecule has 0 amide bonds. The summed E-state index contributed by atoms with van der Waals surface area (Å²) in [5, 5.41) is 0.759. The number of nitrogens with zero attached hydrogens (tertiary/aromatic N) is 1. The van der Waals surface area contributed by atoms with Crippen molar-refractivity contribution in [1.29, 1.82) is 0 Å². The maximum atomic E-state index is 10.9. The Labute approximate surface area is 87.6 Å². The number of hydrogen-bond acceptors (Lipinski definition) is 4. The molecule has 0 N–H and O–H groups in total. The van der Waals surface area contributed by atoms with Crippen LogP contribution in [-0.4, -0.2) is 28.5 Å². The molecule has 1 aliphatic heterocycles. The van der Waals surface area contributed by atoms with Gasteiger partial charge in [0, 0.05) is 6.42 Å². The van der Waals surface area contributed by atoms with Crippen molar-refractivity contribution in [2.24, 2.45) is 0 Å². The van der Waals surface area contributed by atoms with Crippen LogP contribution in [0.15, 0.2) is 0 Å². The van der Waals surface area contributed by atoms with Crippen molar-refractivity contribution in [2.75, 3.05) is 13.1 Å². The minimum absolute atomic E-state index is 0. The van der Waals surface area contributed by atoms with Crippen LogP contribution in [0.2, 0.25) is 0 Å². The minimum atomic E-state index is 0. The highest BCUT2D eigenvalue weighted by Gasteiger charge is 2.27. The third-order valence-corrected chi connectivity index (χ3v) is 4.46. The Bertz CT molecular complexity index is 152. The largest absolute Gasteiger partial charge is 0.291 e. The van der Waals surface area contributed by atoms with Crippen molar-refractivity contribution in [1.82, 2.24) is 4.90 Å². The lowest BCUT2D eigenvalue weighted by Crippen LogP contribution is -2.31. The summed E-state index contributed by atoms with van der Waals surface area (Å²) >= 11 is 0. The Kier molecular flexibility index (Phi) is 6.45. The first-order valence-electron chi connectivity index (χ1n) is 3.88. The Morgan fingerprint density at radius 3 is 2.42 bits per heavy atom. The summed E-state index contributed by atoms with van der Waals surface area (Å²) in [6.45, 7) is 6.36. The molecule has 0 saturated carbocycles. The molecule has 1 saturated heterocycles. The summed E-state index contributed by atoms with van der Waals surface area (Å²) < 4.78 is 0. The van der Waals surface area contributed by atoms with E-state index in [4.69, 9.17) is 0 Å². The van der Waals surface area contributed by atoms with E-state index < -0.39 is 0 Å². The number of hydrogen-bond donors (Lipinski definition) is 0. The topological polar surface area (TPSA) is 20.3 Å². The van der Waals surface area contributed by atoms with Crippen LogP contribution in [0.1, 0.15) is 20.3 Å². The number of carbonyl (C=O) groups is 1. The average Bonchev–Trinajstić information content (AvgIpc) is 2.39. The zero-order valence-electron chi connectivity index (χ0n) is 7.28. The van der Waals surface area contributed by atoms with Gasteiger partial charge in [-0.25, -0.2) is 0 Å². The van der Waals surface area contributed by atoms with E-state index in [-0.39, 0.29) is 12.4 Å². The van der Waals surface area contributed by atoms with Gasteiger partial charge in [-0.3, -0.25) is 9.69 Å². The summed E-state index contributed by atoms with van der Waals surface area (Å²) in [6.07, 6.45) is 0.719. The summed E-state index contributed by atoms with van der Waals surface area (Å²) in [5.74, 6) is 0. The van der Waals surface area contributed by atoms with E-state index in [1.807, 2.05) is 0 Å². The highest BCUT2D eigenvalue weighted by molar-refractivity contribution is 8.83. The van der Waals surface area contributed by atoms with E-state index >= 15 is 0 Å². The Hall–Kier alpha value is 0.620. The molecule has 0 aromatic carbocycles. The van der Waals surface area contributed by atoms with Gasteiger partial charge in [0.05, 0.1) is 5.37 Å². The van der Waals surface area contributed by atoms with Gasteiger partial charge < -0.3 is 0 Å². The lowest BCUT2D eigenvalue weighted by molar-refractivity contribution is -0.111. The first kappa shape index (κ1) is 12.6.